The van der Waals surface area contributed by atoms with Crippen LogP contribution < -0.4 is 0 Å². The Balaban J connectivity index is 3.62. The van der Waals surface area contributed by atoms with Crippen LogP contribution in [0.5, 0.6) is 0 Å². The first-order valence-corrected chi connectivity index (χ1v) is 9.45. The van der Waals surface area contributed by atoms with Crippen molar-refractivity contribution < 1.29 is 79.7 Å². The molecule has 1 aromatic carbocycles. The van der Waals surface area contributed by atoms with Gasteiger partial charge in [0.1, 0.15) is 0 Å². The predicted molar refractivity (Wildman–Crippen MR) is 89.0 cm³/mol. The average molecular weight is 633 g/mol. The number of hydrogen-bond acceptors (Lipinski definition) is 1. The summed E-state index contributed by atoms with van der Waals surface area (Å²) in [4.78, 5) is 0. The third-order valence-corrected chi connectivity index (χ3v) is 5.29. The van der Waals surface area contributed by atoms with Gasteiger partial charge in [-0.2, -0.15) is 74.6 Å². The van der Waals surface area contributed by atoms with Crippen molar-refractivity contribution in [3.8, 4) is 0 Å². The number of halogens is 18. The molecular formula is C17H10BrF17O. The third kappa shape index (κ3) is 4.62. The zero-order valence-corrected chi connectivity index (χ0v) is 18.4. The van der Waals surface area contributed by atoms with E-state index in [4.69, 9.17) is 0 Å². The van der Waals surface area contributed by atoms with Gasteiger partial charge in [0.25, 0.3) is 0 Å². The molecule has 0 bridgehead atoms. The van der Waals surface area contributed by atoms with E-state index in [-0.39, 0.29) is 11.4 Å². The smallest absolute Gasteiger partial charge is 0.385 e. The monoisotopic (exact) mass is 632 g/mol. The van der Waals surface area contributed by atoms with Gasteiger partial charge in [-0.15, -0.1) is 0 Å². The van der Waals surface area contributed by atoms with Crippen LogP contribution in [0.1, 0.15) is 18.9 Å². The standard InChI is InChI=1S/C17H10BrF17O/c1-9(36,7-3-2-4-8(18)5-7)6-10(19,20)11(21,22)12(23,24)13(25,26)14(27,28)15(29,30)16(31,32)17(33,34)35/h2-5,36H,6H2,1H3. The molecule has 1 aromatic rings. The molecule has 1 rings (SSSR count). The first kappa shape index (κ1) is 32.5. The van der Waals surface area contributed by atoms with E-state index >= 15 is 0 Å². The minimum Gasteiger partial charge on any atom is -0.385 e. The van der Waals surface area contributed by atoms with E-state index in [2.05, 4.69) is 15.9 Å². The molecule has 1 atom stereocenters. The molecule has 0 saturated carbocycles. The van der Waals surface area contributed by atoms with E-state index in [1.165, 1.54) is 6.07 Å². The van der Waals surface area contributed by atoms with E-state index in [1.54, 1.807) is 0 Å². The summed E-state index contributed by atoms with van der Waals surface area (Å²) >= 11 is 2.74. The van der Waals surface area contributed by atoms with Crippen molar-refractivity contribution in [2.24, 2.45) is 0 Å². The Morgan fingerprint density at radius 3 is 1.33 bits per heavy atom. The van der Waals surface area contributed by atoms with Gasteiger partial charge in [-0.1, -0.05) is 28.1 Å². The fourth-order valence-corrected chi connectivity index (χ4v) is 3.06. The highest BCUT2D eigenvalue weighted by Crippen LogP contribution is 2.64. The van der Waals surface area contributed by atoms with Crippen LogP contribution in [0.4, 0.5) is 74.6 Å². The van der Waals surface area contributed by atoms with E-state index in [0.29, 0.717) is 0 Å². The van der Waals surface area contributed by atoms with Crippen LogP contribution >= 0.6 is 15.9 Å². The van der Waals surface area contributed by atoms with Crippen LogP contribution in [0, 0.1) is 0 Å². The van der Waals surface area contributed by atoms with Crippen LogP contribution in [0.2, 0.25) is 0 Å². The van der Waals surface area contributed by atoms with E-state index < -0.39 is 65.2 Å². The predicted octanol–water partition coefficient (Wildman–Crippen LogP) is 8.06. The number of hydrogen-bond donors (Lipinski definition) is 1. The average Bonchev–Trinajstić information content (AvgIpc) is 2.65. The maximum atomic E-state index is 14.1. The zero-order valence-electron chi connectivity index (χ0n) is 16.8. The topological polar surface area (TPSA) is 20.2 Å². The van der Waals surface area contributed by atoms with E-state index in [1.807, 2.05) is 0 Å². The molecule has 0 aliphatic rings. The normalized spacial score (nSPS) is 17.2. The van der Waals surface area contributed by atoms with Crippen LogP contribution in [-0.4, -0.2) is 52.7 Å². The maximum Gasteiger partial charge on any atom is 0.460 e. The molecule has 0 heterocycles. The molecule has 0 aromatic heterocycles. The molecule has 36 heavy (non-hydrogen) atoms. The Bertz CT molecular complexity index is 951. The Hall–Kier alpha value is -1.53. The molecule has 1 unspecified atom stereocenters. The Morgan fingerprint density at radius 1 is 0.611 bits per heavy atom. The minimum atomic E-state index is -8.69. The van der Waals surface area contributed by atoms with Crippen molar-refractivity contribution in [3.05, 3.63) is 34.3 Å². The molecule has 210 valence electrons. The molecule has 1 N–H and O–H groups in total. The van der Waals surface area contributed by atoms with Gasteiger partial charge >= 0.3 is 47.6 Å². The maximum absolute atomic E-state index is 14.1. The summed E-state index contributed by atoms with van der Waals surface area (Å²) in [6.45, 7) is 0.238. The summed E-state index contributed by atoms with van der Waals surface area (Å²) in [5, 5.41) is 10.0. The summed E-state index contributed by atoms with van der Waals surface area (Å²) in [6.07, 6.45) is -10.8. The largest absolute Gasteiger partial charge is 0.460 e. The summed E-state index contributed by atoms with van der Waals surface area (Å²) in [5.41, 5.74) is -4.11. The van der Waals surface area contributed by atoms with Crippen molar-refractivity contribution >= 4 is 15.9 Å². The second-order valence-corrected chi connectivity index (χ2v) is 8.53. The quantitative estimate of drug-likeness (QED) is 0.273. The van der Waals surface area contributed by atoms with E-state index in [0.717, 1.165) is 18.2 Å². The fraction of sp³-hybridized carbons (Fsp3) is 0.647. The van der Waals surface area contributed by atoms with Crippen molar-refractivity contribution in [1.82, 2.24) is 0 Å². The Morgan fingerprint density at radius 2 is 0.972 bits per heavy atom. The van der Waals surface area contributed by atoms with Gasteiger partial charge < -0.3 is 5.11 Å². The lowest BCUT2D eigenvalue weighted by Gasteiger charge is -2.43. The summed E-state index contributed by atoms with van der Waals surface area (Å²) < 4.78 is 226. The van der Waals surface area contributed by atoms with Gasteiger partial charge in [0.05, 0.1) is 12.0 Å². The summed E-state index contributed by atoms with van der Waals surface area (Å²) in [7, 11) is 0. The summed E-state index contributed by atoms with van der Waals surface area (Å²) in [6, 6.07) is 3.59. The highest BCUT2D eigenvalue weighted by molar-refractivity contribution is 9.10. The number of rotatable bonds is 9. The van der Waals surface area contributed by atoms with Crippen LogP contribution in [-0.2, 0) is 5.60 Å². The van der Waals surface area contributed by atoms with Crippen molar-refractivity contribution in [3.63, 3.8) is 0 Å². The minimum absolute atomic E-state index is 0.0420. The lowest BCUT2D eigenvalue weighted by Crippen LogP contribution is -2.74. The lowest BCUT2D eigenvalue weighted by atomic mass is 9.83. The molecule has 0 fully saturated rings. The second kappa shape index (κ2) is 8.76. The molecule has 0 amide bonds. The summed E-state index contributed by atoms with van der Waals surface area (Å²) in [5.74, 6) is -57.0. The highest BCUT2D eigenvalue weighted by Gasteiger charge is 2.95. The zero-order chi connectivity index (χ0) is 29.2. The van der Waals surface area contributed by atoms with Crippen molar-refractivity contribution in [2.75, 3.05) is 0 Å². The van der Waals surface area contributed by atoms with Crippen LogP contribution in [0.25, 0.3) is 0 Å². The lowest BCUT2D eigenvalue weighted by molar-refractivity contribution is -0.462. The highest BCUT2D eigenvalue weighted by atomic mass is 79.9. The molecule has 0 aliphatic carbocycles. The first-order valence-electron chi connectivity index (χ1n) is 8.65. The fourth-order valence-electron chi connectivity index (χ4n) is 2.67. The Kier molecular flexibility index (Phi) is 7.91. The van der Waals surface area contributed by atoms with Crippen molar-refractivity contribution in [2.45, 2.75) is 66.6 Å². The van der Waals surface area contributed by atoms with E-state index in [9.17, 15) is 79.7 Å². The van der Waals surface area contributed by atoms with Gasteiger partial charge in [0.15, 0.2) is 0 Å². The number of benzene rings is 1. The van der Waals surface area contributed by atoms with Crippen molar-refractivity contribution in [1.29, 1.82) is 0 Å². The number of aliphatic hydroxyl groups is 1. The first-order chi connectivity index (χ1) is 15.5. The molecular weight excluding hydrogens is 623 g/mol. The van der Waals surface area contributed by atoms with Gasteiger partial charge in [-0.3, -0.25) is 0 Å². The van der Waals surface area contributed by atoms with Crippen LogP contribution in [0.3, 0.4) is 0 Å². The third-order valence-electron chi connectivity index (χ3n) is 4.80. The molecule has 19 heteroatoms. The molecule has 0 aliphatic heterocycles. The number of alkyl halides is 17. The van der Waals surface area contributed by atoms with Gasteiger partial charge in [-0.05, 0) is 24.6 Å². The Labute approximate surface area is 197 Å². The molecule has 1 nitrogen and oxygen atoms in total. The molecule has 0 radical (unpaired) electrons. The van der Waals surface area contributed by atoms with Crippen LogP contribution in [0.15, 0.2) is 28.7 Å². The molecule has 0 saturated heterocycles. The van der Waals surface area contributed by atoms with Gasteiger partial charge in [0.2, 0.25) is 0 Å². The van der Waals surface area contributed by atoms with Gasteiger partial charge in [0, 0.05) is 4.47 Å². The van der Waals surface area contributed by atoms with Gasteiger partial charge in [-0.25, -0.2) is 0 Å². The SMILES string of the molecule is CC(O)(CC(F)(F)C(F)(F)C(F)(F)C(F)(F)C(F)(F)C(F)(F)C(F)(F)C(F)(F)F)c1cccc(Br)c1. The molecule has 0 spiro atoms. The second-order valence-electron chi connectivity index (χ2n) is 7.61.